The molecule has 21 heavy (non-hydrogen) atoms. The molecular weight excluding hydrogens is 328 g/mol. The molecule has 0 saturated heterocycles. The third-order valence-electron chi connectivity index (χ3n) is 3.39. The average Bonchev–Trinajstić information content (AvgIpc) is 2.86. The van der Waals surface area contributed by atoms with Gasteiger partial charge in [0.15, 0.2) is 0 Å². The maximum absolute atomic E-state index is 5.68. The minimum Gasteiger partial charge on any atom is -0.464 e. The topological polar surface area (TPSA) is 28.4 Å². The minimum atomic E-state index is 0.769. The fourth-order valence-corrected chi connectivity index (χ4v) is 2.68. The fourth-order valence-electron chi connectivity index (χ4n) is 2.33. The van der Waals surface area contributed by atoms with E-state index >= 15 is 0 Å². The first-order valence-corrected chi connectivity index (χ1v) is 8.15. The van der Waals surface area contributed by atoms with E-state index in [1.165, 1.54) is 11.3 Å². The number of rotatable bonds is 7. The van der Waals surface area contributed by atoms with Crippen molar-refractivity contribution in [2.24, 2.45) is 0 Å². The number of hydrogen-bond acceptors (Lipinski definition) is 3. The number of benzene rings is 1. The molecule has 0 radical (unpaired) electrons. The highest BCUT2D eigenvalue weighted by atomic mass is 79.9. The van der Waals surface area contributed by atoms with Gasteiger partial charge in [0, 0.05) is 23.8 Å². The van der Waals surface area contributed by atoms with Gasteiger partial charge in [0.25, 0.3) is 0 Å². The fraction of sp³-hybridized carbons (Fsp3) is 0.412. The van der Waals surface area contributed by atoms with E-state index < -0.39 is 0 Å². The lowest BCUT2D eigenvalue weighted by molar-refractivity contribution is 0.481. The number of nitrogens with zero attached hydrogens (tertiary/aromatic N) is 1. The van der Waals surface area contributed by atoms with Crippen LogP contribution in [-0.4, -0.2) is 13.6 Å². The maximum atomic E-state index is 5.68. The molecular formula is C17H23BrN2O. The molecule has 4 heteroatoms. The Morgan fingerprint density at radius 3 is 2.71 bits per heavy atom. The van der Waals surface area contributed by atoms with Crippen LogP contribution in [0.25, 0.3) is 0 Å². The molecule has 1 N–H and O–H groups in total. The van der Waals surface area contributed by atoms with Gasteiger partial charge in [0.05, 0.1) is 6.54 Å². The Hall–Kier alpha value is -1.26. The first kappa shape index (κ1) is 16.1. The molecule has 0 aliphatic carbocycles. The summed E-state index contributed by atoms with van der Waals surface area (Å²) in [7, 11) is 2.10. The van der Waals surface area contributed by atoms with Gasteiger partial charge in [-0.1, -0.05) is 28.9 Å². The molecule has 2 aromatic rings. The molecule has 3 nitrogen and oxygen atoms in total. The summed E-state index contributed by atoms with van der Waals surface area (Å²) in [6.07, 6.45) is 1.15. The minimum absolute atomic E-state index is 0.769. The Labute approximate surface area is 135 Å². The third kappa shape index (κ3) is 4.61. The molecule has 0 unspecified atom stereocenters. The van der Waals surface area contributed by atoms with Gasteiger partial charge in [-0.3, -0.25) is 0 Å². The van der Waals surface area contributed by atoms with Gasteiger partial charge in [-0.15, -0.1) is 0 Å². The van der Waals surface area contributed by atoms with E-state index in [2.05, 4.69) is 58.3 Å². The van der Waals surface area contributed by atoms with Crippen LogP contribution in [0.2, 0.25) is 0 Å². The van der Waals surface area contributed by atoms with Crippen LogP contribution in [0.3, 0.4) is 0 Å². The second-order valence-electron chi connectivity index (χ2n) is 5.32. The zero-order chi connectivity index (χ0) is 15.2. The van der Waals surface area contributed by atoms with Crippen molar-refractivity contribution in [3.63, 3.8) is 0 Å². The molecule has 0 saturated carbocycles. The number of nitrogens with one attached hydrogen (secondary N) is 1. The summed E-state index contributed by atoms with van der Waals surface area (Å²) in [6, 6.07) is 10.5. The quantitative estimate of drug-likeness (QED) is 0.746. The number of anilines is 1. The van der Waals surface area contributed by atoms with Crippen molar-refractivity contribution >= 4 is 21.6 Å². The summed E-state index contributed by atoms with van der Waals surface area (Å²) >= 11 is 3.57. The Morgan fingerprint density at radius 1 is 1.24 bits per heavy atom. The molecule has 0 spiro atoms. The van der Waals surface area contributed by atoms with Gasteiger partial charge in [0.2, 0.25) is 0 Å². The molecule has 1 aromatic heterocycles. The van der Waals surface area contributed by atoms with Crippen molar-refractivity contribution in [1.82, 2.24) is 5.32 Å². The zero-order valence-corrected chi connectivity index (χ0v) is 14.5. The number of hydrogen-bond donors (Lipinski definition) is 1. The number of furan rings is 1. The molecule has 1 heterocycles. The molecule has 2 rings (SSSR count). The van der Waals surface area contributed by atoms with Gasteiger partial charge >= 0.3 is 0 Å². The lowest BCUT2D eigenvalue weighted by Crippen LogP contribution is -2.21. The lowest BCUT2D eigenvalue weighted by atomic mass is 10.1. The summed E-state index contributed by atoms with van der Waals surface area (Å²) in [5, 5.41) is 3.47. The summed E-state index contributed by atoms with van der Waals surface area (Å²) < 4.78 is 6.77. The highest BCUT2D eigenvalue weighted by Gasteiger charge is 2.10. The van der Waals surface area contributed by atoms with Crippen LogP contribution in [0, 0.1) is 6.92 Å². The molecule has 0 aliphatic heterocycles. The van der Waals surface area contributed by atoms with Crippen molar-refractivity contribution in [2.45, 2.75) is 33.4 Å². The monoisotopic (exact) mass is 350 g/mol. The first-order valence-electron chi connectivity index (χ1n) is 7.35. The Balaban J connectivity index is 2.13. The summed E-state index contributed by atoms with van der Waals surface area (Å²) in [6.45, 7) is 6.85. The van der Waals surface area contributed by atoms with Crippen LogP contribution in [0.4, 0.5) is 5.69 Å². The summed E-state index contributed by atoms with van der Waals surface area (Å²) in [5.41, 5.74) is 2.53. The van der Waals surface area contributed by atoms with Crippen molar-refractivity contribution in [2.75, 3.05) is 18.5 Å². The molecule has 1 aromatic carbocycles. The zero-order valence-electron chi connectivity index (χ0n) is 12.9. The summed E-state index contributed by atoms with van der Waals surface area (Å²) in [5.74, 6) is 1.94. The van der Waals surface area contributed by atoms with Crippen LogP contribution in [0.5, 0.6) is 0 Å². The largest absolute Gasteiger partial charge is 0.464 e. The van der Waals surface area contributed by atoms with E-state index in [1.54, 1.807) is 0 Å². The Kier molecular flexibility index (Phi) is 5.88. The van der Waals surface area contributed by atoms with Crippen molar-refractivity contribution in [1.29, 1.82) is 0 Å². The predicted molar refractivity (Wildman–Crippen MR) is 91.7 cm³/mol. The van der Waals surface area contributed by atoms with E-state index in [1.807, 2.05) is 19.1 Å². The Morgan fingerprint density at radius 2 is 2.05 bits per heavy atom. The van der Waals surface area contributed by atoms with Crippen molar-refractivity contribution in [3.8, 4) is 0 Å². The normalized spacial score (nSPS) is 10.9. The number of aryl methyl sites for hydroxylation is 1. The van der Waals surface area contributed by atoms with Crippen molar-refractivity contribution < 1.29 is 4.42 Å². The molecule has 0 bridgehead atoms. The van der Waals surface area contributed by atoms with Crippen molar-refractivity contribution in [3.05, 3.63) is 51.9 Å². The lowest BCUT2D eigenvalue weighted by Gasteiger charge is -2.22. The van der Waals surface area contributed by atoms with Crippen LogP contribution in [0.15, 0.2) is 39.2 Å². The van der Waals surface area contributed by atoms with Crippen LogP contribution in [-0.2, 0) is 13.1 Å². The first-order chi connectivity index (χ1) is 10.1. The number of halogens is 1. The molecule has 0 aliphatic rings. The van der Waals surface area contributed by atoms with Gasteiger partial charge in [-0.2, -0.15) is 0 Å². The van der Waals surface area contributed by atoms with Gasteiger partial charge in [0.1, 0.15) is 11.5 Å². The Bertz CT molecular complexity index is 580. The predicted octanol–water partition coefficient (Wildman–Crippen LogP) is 4.49. The SMILES string of the molecule is CCCNCc1ccc(Br)cc1N(C)Cc1ccc(C)o1. The highest BCUT2D eigenvalue weighted by molar-refractivity contribution is 9.10. The molecule has 0 fully saturated rings. The van der Waals surface area contributed by atoms with E-state index in [-0.39, 0.29) is 0 Å². The van der Waals surface area contributed by atoms with E-state index in [0.29, 0.717) is 0 Å². The summed E-state index contributed by atoms with van der Waals surface area (Å²) in [4.78, 5) is 2.23. The van der Waals surface area contributed by atoms with Crippen LogP contribution >= 0.6 is 15.9 Å². The third-order valence-corrected chi connectivity index (χ3v) is 3.88. The maximum Gasteiger partial charge on any atom is 0.123 e. The second kappa shape index (κ2) is 7.66. The smallest absolute Gasteiger partial charge is 0.123 e. The standard InChI is InChI=1S/C17H23BrN2O/c1-4-9-19-11-14-6-7-15(18)10-17(14)20(3)12-16-8-5-13(2)21-16/h5-8,10,19H,4,9,11-12H2,1-3H3. The molecule has 0 amide bonds. The van der Waals surface area contributed by atoms with Crippen LogP contribution < -0.4 is 10.2 Å². The molecule has 0 atom stereocenters. The molecule has 114 valence electrons. The van der Waals surface area contributed by atoms with E-state index in [4.69, 9.17) is 4.42 Å². The van der Waals surface area contributed by atoms with Gasteiger partial charge < -0.3 is 14.6 Å². The van der Waals surface area contributed by atoms with Gasteiger partial charge in [-0.25, -0.2) is 0 Å². The van der Waals surface area contributed by atoms with Gasteiger partial charge in [-0.05, 0) is 49.7 Å². The second-order valence-corrected chi connectivity index (χ2v) is 6.23. The average molecular weight is 351 g/mol. The van der Waals surface area contributed by atoms with E-state index in [9.17, 15) is 0 Å². The van der Waals surface area contributed by atoms with Crippen LogP contribution in [0.1, 0.15) is 30.4 Å². The highest BCUT2D eigenvalue weighted by Crippen LogP contribution is 2.26. The van der Waals surface area contributed by atoms with E-state index in [0.717, 1.165) is 42.0 Å².